The van der Waals surface area contributed by atoms with E-state index in [0.29, 0.717) is 28.4 Å². The summed E-state index contributed by atoms with van der Waals surface area (Å²) in [7, 11) is 0. The molecule has 8 heteroatoms. The van der Waals surface area contributed by atoms with Gasteiger partial charge in [0.1, 0.15) is 11.5 Å². The van der Waals surface area contributed by atoms with Crippen LogP contribution in [0.2, 0.25) is 0 Å². The number of aryl methyl sites for hydroxylation is 1. The zero-order valence-electron chi connectivity index (χ0n) is 15.4. The molecule has 144 valence electrons. The van der Waals surface area contributed by atoms with Crippen molar-refractivity contribution in [3.05, 3.63) is 75.8 Å². The molecular formula is C20H18FN3O3S. The van der Waals surface area contributed by atoms with Gasteiger partial charge in [-0.3, -0.25) is 10.1 Å². The van der Waals surface area contributed by atoms with E-state index in [0.717, 1.165) is 4.88 Å². The molecule has 0 atom stereocenters. The number of carbonyl (C=O) groups is 2. The fourth-order valence-corrected chi connectivity index (χ4v) is 3.38. The number of esters is 1. The zero-order valence-corrected chi connectivity index (χ0v) is 16.2. The van der Waals surface area contributed by atoms with Gasteiger partial charge in [-0.2, -0.15) is 0 Å². The first-order valence-corrected chi connectivity index (χ1v) is 9.43. The summed E-state index contributed by atoms with van der Waals surface area (Å²) in [6.07, 6.45) is 2.00. The van der Waals surface area contributed by atoms with Crippen molar-refractivity contribution in [1.29, 1.82) is 0 Å². The molecule has 0 saturated carbocycles. The highest BCUT2D eigenvalue weighted by Gasteiger charge is 2.16. The average Bonchev–Trinajstić information content (AvgIpc) is 3.10. The zero-order chi connectivity index (χ0) is 20.1. The second-order valence-corrected chi connectivity index (χ2v) is 7.02. The summed E-state index contributed by atoms with van der Waals surface area (Å²) in [5, 5.41) is 3.07. The Hall–Kier alpha value is -3.13. The summed E-state index contributed by atoms with van der Waals surface area (Å²) in [6, 6.07) is 9.51. The number of ether oxygens (including phenoxy) is 1. The van der Waals surface area contributed by atoms with Crippen molar-refractivity contribution in [3.8, 4) is 0 Å². The first kappa shape index (κ1) is 19.6. The Balaban J connectivity index is 1.68. The first-order chi connectivity index (χ1) is 13.5. The van der Waals surface area contributed by atoms with Crippen LogP contribution in [0.4, 0.5) is 9.52 Å². The van der Waals surface area contributed by atoms with E-state index in [1.807, 2.05) is 0 Å². The number of nitrogens with one attached hydrogen (secondary N) is 1. The quantitative estimate of drug-likeness (QED) is 0.634. The summed E-state index contributed by atoms with van der Waals surface area (Å²) in [5.41, 5.74) is 1.46. The Morgan fingerprint density at radius 2 is 2.00 bits per heavy atom. The molecule has 0 aliphatic heterocycles. The first-order valence-electron chi connectivity index (χ1n) is 8.62. The van der Waals surface area contributed by atoms with Gasteiger partial charge in [0, 0.05) is 17.5 Å². The molecule has 2 aromatic heterocycles. The minimum absolute atomic E-state index is 0.163. The Bertz CT molecular complexity index is 1020. The van der Waals surface area contributed by atoms with Gasteiger partial charge in [0.15, 0.2) is 5.13 Å². The molecule has 0 aliphatic rings. The van der Waals surface area contributed by atoms with E-state index in [1.165, 1.54) is 29.5 Å². The van der Waals surface area contributed by atoms with Crippen molar-refractivity contribution >= 4 is 28.3 Å². The number of carbonyl (C=O) groups excluding carboxylic acids is 2. The van der Waals surface area contributed by atoms with Crippen LogP contribution in [0.15, 0.2) is 42.6 Å². The molecule has 0 fully saturated rings. The molecule has 0 bridgehead atoms. The van der Waals surface area contributed by atoms with Crippen LogP contribution in [0.3, 0.4) is 0 Å². The monoisotopic (exact) mass is 399 g/mol. The number of aromatic nitrogens is 2. The average molecular weight is 399 g/mol. The van der Waals surface area contributed by atoms with Gasteiger partial charge in [0.05, 0.1) is 17.9 Å². The summed E-state index contributed by atoms with van der Waals surface area (Å²) < 4.78 is 18.7. The van der Waals surface area contributed by atoms with E-state index >= 15 is 0 Å². The number of hydrogen-bond donors (Lipinski definition) is 1. The predicted molar refractivity (Wildman–Crippen MR) is 104 cm³/mol. The van der Waals surface area contributed by atoms with Gasteiger partial charge in [-0.25, -0.2) is 19.2 Å². The molecule has 0 aliphatic carbocycles. The molecule has 6 nitrogen and oxygen atoms in total. The number of anilines is 1. The molecule has 28 heavy (non-hydrogen) atoms. The number of amides is 1. The van der Waals surface area contributed by atoms with Crippen LogP contribution >= 0.6 is 11.3 Å². The summed E-state index contributed by atoms with van der Waals surface area (Å²) in [6.45, 7) is 3.62. The van der Waals surface area contributed by atoms with Gasteiger partial charge >= 0.3 is 5.97 Å². The van der Waals surface area contributed by atoms with Gasteiger partial charge in [0.2, 0.25) is 0 Å². The highest BCUT2D eigenvalue weighted by atomic mass is 32.1. The third-order valence-corrected chi connectivity index (χ3v) is 4.82. The minimum atomic E-state index is -0.475. The van der Waals surface area contributed by atoms with Crippen LogP contribution in [0, 0.1) is 12.7 Å². The van der Waals surface area contributed by atoms with Crippen molar-refractivity contribution in [2.45, 2.75) is 20.3 Å². The second kappa shape index (κ2) is 8.71. The van der Waals surface area contributed by atoms with E-state index < -0.39 is 11.9 Å². The lowest BCUT2D eigenvalue weighted by Gasteiger charge is -2.07. The van der Waals surface area contributed by atoms with E-state index in [-0.39, 0.29) is 18.1 Å². The number of pyridine rings is 1. The molecular weight excluding hydrogens is 381 g/mol. The standard InChI is InChI=1S/C20H18FN3O3S/c1-3-27-19(26)15-8-9-17(23-12(15)2)18(25)24-20-22-11-14(28-20)10-13-6-4-5-7-16(13)21/h4-9,11H,3,10H2,1-2H3,(H,22,24,25). The SMILES string of the molecule is CCOC(=O)c1ccc(C(=O)Nc2ncc(Cc3ccccc3F)s2)nc1C. The summed E-state index contributed by atoms with van der Waals surface area (Å²) in [5.74, 6) is -1.19. The molecule has 3 aromatic rings. The number of benzene rings is 1. The Morgan fingerprint density at radius 3 is 2.71 bits per heavy atom. The maximum absolute atomic E-state index is 13.8. The van der Waals surface area contributed by atoms with Gasteiger partial charge in [-0.1, -0.05) is 18.2 Å². The number of rotatable bonds is 6. The number of hydrogen-bond acceptors (Lipinski definition) is 6. The Morgan fingerprint density at radius 1 is 1.21 bits per heavy atom. The number of nitrogens with zero attached hydrogens (tertiary/aromatic N) is 2. The molecule has 0 saturated heterocycles. The van der Waals surface area contributed by atoms with Crippen LogP contribution in [-0.4, -0.2) is 28.5 Å². The molecule has 0 unspecified atom stereocenters. The molecule has 1 amide bonds. The molecule has 3 rings (SSSR count). The molecule has 0 radical (unpaired) electrons. The van der Waals surface area contributed by atoms with E-state index in [4.69, 9.17) is 4.74 Å². The van der Waals surface area contributed by atoms with E-state index in [2.05, 4.69) is 15.3 Å². The Kier molecular flexibility index (Phi) is 6.10. The van der Waals surface area contributed by atoms with Crippen molar-refractivity contribution in [1.82, 2.24) is 9.97 Å². The predicted octanol–water partition coefficient (Wildman–Crippen LogP) is 4.01. The molecule has 0 spiro atoms. The topological polar surface area (TPSA) is 81.2 Å². The summed E-state index contributed by atoms with van der Waals surface area (Å²) in [4.78, 5) is 33.4. The van der Waals surface area contributed by atoms with Gasteiger partial charge in [0.25, 0.3) is 5.91 Å². The van der Waals surface area contributed by atoms with E-state index in [1.54, 1.807) is 38.2 Å². The van der Waals surface area contributed by atoms with Gasteiger partial charge in [-0.15, -0.1) is 11.3 Å². The van der Waals surface area contributed by atoms with Crippen molar-refractivity contribution in [2.24, 2.45) is 0 Å². The largest absolute Gasteiger partial charge is 0.462 e. The van der Waals surface area contributed by atoms with Crippen molar-refractivity contribution < 1.29 is 18.7 Å². The lowest BCUT2D eigenvalue weighted by molar-refractivity contribution is 0.0524. The molecule has 1 N–H and O–H groups in total. The maximum atomic E-state index is 13.8. The lowest BCUT2D eigenvalue weighted by Crippen LogP contribution is -2.16. The minimum Gasteiger partial charge on any atom is -0.462 e. The van der Waals surface area contributed by atoms with Crippen LogP contribution in [0.25, 0.3) is 0 Å². The van der Waals surface area contributed by atoms with Crippen LogP contribution in [0.1, 0.15) is 43.9 Å². The third kappa shape index (κ3) is 4.58. The van der Waals surface area contributed by atoms with Crippen LogP contribution < -0.4 is 5.32 Å². The van der Waals surface area contributed by atoms with Crippen LogP contribution in [-0.2, 0) is 11.2 Å². The smallest absolute Gasteiger partial charge is 0.339 e. The molecule has 1 aromatic carbocycles. The highest BCUT2D eigenvalue weighted by molar-refractivity contribution is 7.15. The fourth-order valence-electron chi connectivity index (χ4n) is 2.55. The highest BCUT2D eigenvalue weighted by Crippen LogP contribution is 2.23. The normalized spacial score (nSPS) is 10.5. The fraction of sp³-hybridized carbons (Fsp3) is 0.200. The second-order valence-electron chi connectivity index (χ2n) is 5.90. The van der Waals surface area contributed by atoms with Crippen molar-refractivity contribution in [2.75, 3.05) is 11.9 Å². The number of thiazole rings is 1. The Labute approximate surface area is 165 Å². The molecule has 2 heterocycles. The van der Waals surface area contributed by atoms with E-state index in [9.17, 15) is 14.0 Å². The maximum Gasteiger partial charge on any atom is 0.339 e. The van der Waals surface area contributed by atoms with Gasteiger partial charge in [-0.05, 0) is 37.6 Å². The van der Waals surface area contributed by atoms with Crippen molar-refractivity contribution in [3.63, 3.8) is 0 Å². The van der Waals surface area contributed by atoms with Gasteiger partial charge < -0.3 is 4.74 Å². The number of halogens is 1. The summed E-state index contributed by atoms with van der Waals surface area (Å²) >= 11 is 1.27. The third-order valence-electron chi connectivity index (χ3n) is 3.91. The lowest BCUT2D eigenvalue weighted by atomic mass is 10.1. The van der Waals surface area contributed by atoms with Crippen LogP contribution in [0.5, 0.6) is 0 Å².